The van der Waals surface area contributed by atoms with E-state index in [4.69, 9.17) is 17.5 Å². The predicted octanol–water partition coefficient (Wildman–Crippen LogP) is 3.84. The smallest absolute Gasteiger partial charge is 0.264 e. The van der Waals surface area contributed by atoms with Crippen LogP contribution in [0.4, 0.5) is 0 Å². The predicted molar refractivity (Wildman–Crippen MR) is 76.6 cm³/mol. The van der Waals surface area contributed by atoms with Gasteiger partial charge in [0.1, 0.15) is 0 Å². The van der Waals surface area contributed by atoms with E-state index in [2.05, 4.69) is 13.8 Å². The zero-order valence-electron chi connectivity index (χ0n) is 12.1. The van der Waals surface area contributed by atoms with Crippen LogP contribution in [0.15, 0.2) is 0 Å². The summed E-state index contributed by atoms with van der Waals surface area (Å²) in [5, 5.41) is 0. The molecule has 0 aliphatic carbocycles. The first-order chi connectivity index (χ1) is 8.31. The Balaban J connectivity index is 0. The fourth-order valence-electron chi connectivity index (χ4n) is 1.91. The first kappa shape index (κ1) is 21.2. The van der Waals surface area contributed by atoms with Gasteiger partial charge in [0, 0.05) is 0 Å². The van der Waals surface area contributed by atoms with E-state index in [1.807, 2.05) is 0 Å². The second kappa shape index (κ2) is 14.3. The van der Waals surface area contributed by atoms with E-state index in [1.165, 1.54) is 85.7 Å². The van der Waals surface area contributed by atoms with Crippen LogP contribution in [0, 0.1) is 0 Å². The minimum Gasteiger partial charge on any atom is -0.264 e. The quantitative estimate of drug-likeness (QED) is 0.384. The van der Waals surface area contributed by atoms with Crippen molar-refractivity contribution in [1.82, 2.24) is 0 Å². The number of rotatable bonds is 9. The third-order valence-electron chi connectivity index (χ3n) is 2.83. The fourth-order valence-corrected chi connectivity index (χ4v) is 2.90. The summed E-state index contributed by atoms with van der Waals surface area (Å²) in [6, 6.07) is 0. The van der Waals surface area contributed by atoms with Crippen molar-refractivity contribution in [2.75, 3.05) is 0 Å². The van der Waals surface area contributed by atoms with Crippen molar-refractivity contribution in [2.24, 2.45) is 0 Å². The van der Waals surface area contributed by atoms with E-state index in [1.54, 1.807) is 0 Å². The van der Waals surface area contributed by atoms with Gasteiger partial charge in [-0.3, -0.25) is 9.11 Å². The van der Waals surface area contributed by atoms with E-state index in [0.29, 0.717) is 0 Å². The van der Waals surface area contributed by atoms with Gasteiger partial charge in [0.15, 0.2) is 0 Å². The summed E-state index contributed by atoms with van der Waals surface area (Å²) >= 11 is 1.42. The van der Waals surface area contributed by atoms with Crippen molar-refractivity contribution in [3.8, 4) is 0 Å². The Morgan fingerprint density at radius 3 is 1.78 bits per heavy atom. The molecule has 0 spiro atoms. The van der Waals surface area contributed by atoms with Gasteiger partial charge in [0.05, 0.1) is 0 Å². The molecule has 0 aromatic heterocycles. The maximum absolute atomic E-state index is 8.74. The van der Waals surface area contributed by atoms with E-state index in [-0.39, 0.29) is 0 Å². The molecular formula is C12H27NaO4S. The van der Waals surface area contributed by atoms with Gasteiger partial charge in [-0.1, -0.05) is 0 Å². The zero-order valence-corrected chi connectivity index (χ0v) is 14.9. The first-order valence-corrected chi connectivity index (χ1v) is 9.56. The molecule has 4 nitrogen and oxygen atoms in total. The van der Waals surface area contributed by atoms with Crippen LogP contribution in [0.3, 0.4) is 0 Å². The molecule has 0 aromatic rings. The maximum Gasteiger partial charge on any atom is 0.394 e. The van der Waals surface area contributed by atoms with Gasteiger partial charge in [-0.25, -0.2) is 0 Å². The van der Waals surface area contributed by atoms with Crippen molar-refractivity contribution in [1.29, 1.82) is 0 Å². The molecule has 6 heteroatoms. The Morgan fingerprint density at radius 2 is 1.33 bits per heavy atom. The molecule has 2 N–H and O–H groups in total. The molecule has 0 aromatic carbocycles. The van der Waals surface area contributed by atoms with Crippen LogP contribution in [0.1, 0.15) is 71.6 Å². The van der Waals surface area contributed by atoms with Gasteiger partial charge < -0.3 is 0 Å². The molecule has 0 bridgehead atoms. The molecular weight excluding hydrogens is 263 g/mol. The van der Waals surface area contributed by atoms with Crippen molar-refractivity contribution in [3.05, 3.63) is 0 Å². The summed E-state index contributed by atoms with van der Waals surface area (Å²) in [7, 11) is -4.67. The Labute approximate surface area is 130 Å². The molecule has 0 fully saturated rings. The minimum absolute atomic E-state index is 1.11. The Hall–Kier alpha value is 0.870. The molecule has 0 rings (SSSR count). The molecule has 18 heavy (non-hydrogen) atoms. The van der Waals surface area contributed by atoms with Crippen LogP contribution in [-0.2, 0) is 10.4 Å². The van der Waals surface area contributed by atoms with Crippen LogP contribution in [-0.4, -0.2) is 45.5 Å². The molecule has 0 saturated carbocycles. The van der Waals surface area contributed by atoms with Gasteiger partial charge in [-0.15, -0.1) is 0 Å². The second-order valence-corrected chi connectivity index (χ2v) is 7.43. The minimum atomic E-state index is -4.67. The van der Waals surface area contributed by atoms with Gasteiger partial charge in [0.2, 0.25) is 0 Å². The van der Waals surface area contributed by atoms with Crippen molar-refractivity contribution >= 4 is 38.3 Å². The topological polar surface area (TPSA) is 74.6 Å². The van der Waals surface area contributed by atoms with E-state index in [9.17, 15) is 0 Å². The third-order valence-corrected chi connectivity index (χ3v) is 3.99. The molecule has 0 radical (unpaired) electrons. The average Bonchev–Trinajstić information content (AvgIpc) is 2.21. The molecule has 0 heterocycles. The van der Waals surface area contributed by atoms with Crippen molar-refractivity contribution < 1.29 is 17.5 Å². The Morgan fingerprint density at radius 1 is 0.889 bits per heavy atom. The molecule has 1 atom stereocenters. The monoisotopic (exact) mass is 290 g/mol. The molecule has 0 saturated heterocycles. The Kier molecular flexibility index (Phi) is 16.8. The summed E-state index contributed by atoms with van der Waals surface area (Å²) in [4.78, 5) is 0. The zero-order chi connectivity index (χ0) is 14.4. The SMILES string of the molecule is CCCCCCCC[CH]([Na])CCC.O=S(=O)(O)O. The van der Waals surface area contributed by atoms with Gasteiger partial charge >= 0.3 is 113 Å². The molecule has 0 aliphatic heterocycles. The molecule has 1 unspecified atom stereocenters. The van der Waals surface area contributed by atoms with E-state index < -0.39 is 10.4 Å². The Bertz CT molecular complexity index is 247. The number of hydrogen-bond acceptors (Lipinski definition) is 2. The summed E-state index contributed by atoms with van der Waals surface area (Å²) < 4.78 is 32.7. The van der Waals surface area contributed by atoms with Crippen LogP contribution in [0.2, 0.25) is 3.17 Å². The van der Waals surface area contributed by atoms with Crippen molar-refractivity contribution in [3.63, 3.8) is 0 Å². The summed E-state index contributed by atoms with van der Waals surface area (Å²) in [5.41, 5.74) is 0. The van der Waals surface area contributed by atoms with Gasteiger partial charge in [-0.05, 0) is 0 Å². The third kappa shape index (κ3) is 30.2. The van der Waals surface area contributed by atoms with Crippen LogP contribution in [0.5, 0.6) is 0 Å². The maximum atomic E-state index is 8.74. The van der Waals surface area contributed by atoms with Crippen LogP contribution in [0.25, 0.3) is 0 Å². The number of hydrogen-bond donors (Lipinski definition) is 2. The fraction of sp³-hybridized carbons (Fsp3) is 1.00. The second-order valence-electron chi connectivity index (χ2n) is 4.90. The summed E-state index contributed by atoms with van der Waals surface area (Å²) in [6.07, 6.45) is 13.2. The van der Waals surface area contributed by atoms with E-state index >= 15 is 0 Å². The standard InChI is InChI=1S/C12H25.Na.H2O4S/c1-3-5-7-9-11-12-10-8-6-4-2;;1-5(2,3)4/h7H,3-6,8-12H2,1-2H3;;(H2,1,2,3,4). The summed E-state index contributed by atoms with van der Waals surface area (Å²) in [6.45, 7) is 4.60. The van der Waals surface area contributed by atoms with Crippen LogP contribution < -0.4 is 0 Å². The van der Waals surface area contributed by atoms with Crippen LogP contribution >= 0.6 is 0 Å². The summed E-state index contributed by atoms with van der Waals surface area (Å²) in [5.74, 6) is 0. The molecule has 106 valence electrons. The van der Waals surface area contributed by atoms with E-state index in [0.717, 1.165) is 3.17 Å². The molecule has 0 aliphatic rings. The normalized spacial score (nSPS) is 12.8. The molecule has 0 amide bonds. The van der Waals surface area contributed by atoms with Crippen molar-refractivity contribution in [2.45, 2.75) is 74.8 Å². The number of unbranched alkanes of at least 4 members (excludes halogenated alkanes) is 5. The largest absolute Gasteiger partial charge is 0.394 e. The van der Waals surface area contributed by atoms with Gasteiger partial charge in [0.25, 0.3) is 0 Å². The van der Waals surface area contributed by atoms with Gasteiger partial charge in [-0.2, -0.15) is 8.42 Å². The average molecular weight is 290 g/mol. The first-order valence-electron chi connectivity index (χ1n) is 7.01.